The van der Waals surface area contributed by atoms with Crippen LogP contribution in [0.4, 0.5) is 20.2 Å². The van der Waals surface area contributed by atoms with Crippen LogP contribution in [0.15, 0.2) is 66.5 Å². The average Bonchev–Trinajstić information content (AvgIpc) is 3.21. The van der Waals surface area contributed by atoms with Crippen LogP contribution in [0.1, 0.15) is 43.4 Å². The summed E-state index contributed by atoms with van der Waals surface area (Å²) in [5.74, 6) is -0.761. The molecule has 0 fully saturated rings. The molecule has 0 aliphatic carbocycles. The van der Waals surface area contributed by atoms with Gasteiger partial charge in [-0.05, 0) is 85.3 Å². The summed E-state index contributed by atoms with van der Waals surface area (Å²) in [7, 11) is 1.86. The van der Waals surface area contributed by atoms with Gasteiger partial charge < -0.3 is 21.3 Å². The number of anilines is 2. The number of halogens is 2. The van der Waals surface area contributed by atoms with Crippen molar-refractivity contribution in [2.75, 3.05) is 24.2 Å². The van der Waals surface area contributed by atoms with Crippen molar-refractivity contribution in [2.24, 2.45) is 5.92 Å². The smallest absolute Gasteiger partial charge is 0.126 e. The predicted octanol–water partition coefficient (Wildman–Crippen LogP) is 6.42. The second-order valence-corrected chi connectivity index (χ2v) is 9.29. The van der Waals surface area contributed by atoms with Crippen molar-refractivity contribution in [3.63, 3.8) is 0 Å². The molecule has 2 aromatic carbocycles. The summed E-state index contributed by atoms with van der Waals surface area (Å²) >= 11 is 0. The number of fused-ring (bicyclic) bond motifs is 1. The van der Waals surface area contributed by atoms with Gasteiger partial charge in [0.05, 0.1) is 11.4 Å². The molecule has 0 spiro atoms. The Hall–Kier alpha value is -3.28. The number of hydrogen-bond donors (Lipinski definition) is 4. The lowest BCUT2D eigenvalue weighted by atomic mass is 10.0. The van der Waals surface area contributed by atoms with Gasteiger partial charge in [-0.25, -0.2) is 8.78 Å². The molecule has 2 aromatic rings. The van der Waals surface area contributed by atoms with E-state index in [4.69, 9.17) is 0 Å². The van der Waals surface area contributed by atoms with Gasteiger partial charge >= 0.3 is 0 Å². The highest BCUT2D eigenvalue weighted by Gasteiger charge is 2.24. The molecule has 1 aliphatic rings. The molecule has 1 heterocycles. The number of allylic oxidation sites excluding steroid dienone is 1. The molecule has 0 saturated heterocycles. The van der Waals surface area contributed by atoms with Crippen molar-refractivity contribution in [1.29, 1.82) is 0 Å². The third kappa shape index (κ3) is 7.10. The van der Waals surface area contributed by atoms with Crippen LogP contribution in [0.5, 0.6) is 0 Å². The largest absolute Gasteiger partial charge is 0.394 e. The second-order valence-electron chi connectivity index (χ2n) is 9.29. The Labute approximate surface area is 208 Å². The summed E-state index contributed by atoms with van der Waals surface area (Å²) in [6.07, 6.45) is 9.28. The summed E-state index contributed by atoms with van der Waals surface area (Å²) in [5.41, 5.74) is 7.52. The van der Waals surface area contributed by atoms with Crippen LogP contribution in [0.25, 0.3) is 0 Å². The van der Waals surface area contributed by atoms with E-state index in [0.29, 0.717) is 17.9 Å². The highest BCUT2D eigenvalue weighted by Crippen LogP contribution is 2.35. The van der Waals surface area contributed by atoms with Crippen LogP contribution in [0, 0.1) is 24.5 Å². The molecule has 35 heavy (non-hydrogen) atoms. The van der Waals surface area contributed by atoms with Crippen molar-refractivity contribution in [2.45, 2.75) is 52.6 Å². The number of rotatable bonds is 12. The fourth-order valence-electron chi connectivity index (χ4n) is 4.39. The van der Waals surface area contributed by atoms with Crippen LogP contribution >= 0.6 is 0 Å². The lowest BCUT2D eigenvalue weighted by Crippen LogP contribution is -2.29. The van der Waals surface area contributed by atoms with E-state index in [0.717, 1.165) is 54.5 Å². The van der Waals surface area contributed by atoms with Gasteiger partial charge in [0.2, 0.25) is 0 Å². The van der Waals surface area contributed by atoms with Gasteiger partial charge in [-0.3, -0.25) is 0 Å². The Kier molecular flexibility index (Phi) is 9.35. The molecular formula is C29H38F2N4. The van der Waals surface area contributed by atoms with Gasteiger partial charge in [0.15, 0.2) is 0 Å². The SMILES string of the molecule is C=C/C(=C(\C=C/NC)NCC(C)CCc1cc(F)cc(F)c1)C1Nc2cc(C)c(CCC)cc2N1. The first-order valence-corrected chi connectivity index (χ1v) is 12.4. The maximum atomic E-state index is 13.5. The predicted molar refractivity (Wildman–Crippen MR) is 143 cm³/mol. The maximum Gasteiger partial charge on any atom is 0.126 e. The van der Waals surface area contributed by atoms with E-state index in [2.05, 4.69) is 60.8 Å². The molecule has 0 saturated carbocycles. The van der Waals surface area contributed by atoms with E-state index >= 15 is 0 Å². The molecular weight excluding hydrogens is 442 g/mol. The summed E-state index contributed by atoms with van der Waals surface area (Å²) in [6.45, 7) is 11.3. The first-order valence-electron chi connectivity index (χ1n) is 12.4. The molecule has 188 valence electrons. The Balaban J connectivity index is 1.71. The minimum atomic E-state index is -0.529. The Morgan fingerprint density at radius 3 is 2.40 bits per heavy atom. The van der Waals surface area contributed by atoms with E-state index in [9.17, 15) is 8.78 Å². The molecule has 3 rings (SSSR count). The van der Waals surface area contributed by atoms with E-state index in [1.807, 2.05) is 25.4 Å². The van der Waals surface area contributed by atoms with Gasteiger partial charge in [0, 0.05) is 30.9 Å². The molecule has 6 heteroatoms. The van der Waals surface area contributed by atoms with Crippen molar-refractivity contribution in [3.05, 3.63) is 94.9 Å². The van der Waals surface area contributed by atoms with E-state index in [1.165, 1.54) is 23.3 Å². The zero-order valence-electron chi connectivity index (χ0n) is 21.3. The van der Waals surface area contributed by atoms with Crippen LogP contribution < -0.4 is 21.3 Å². The highest BCUT2D eigenvalue weighted by atomic mass is 19.1. The number of nitrogens with one attached hydrogen (secondary N) is 4. The standard InChI is InChI=1S/C29H38F2N4/c1-6-8-22-16-28-27(13-20(22)4)34-29(35-28)25(7-2)26(11-12-32-5)33-18-19(3)9-10-21-14-23(30)17-24(31)15-21/h7,11-17,19,29,32-35H,2,6,8-10,18H2,1,3-5H3/b12-11-,26-25-. The summed E-state index contributed by atoms with van der Waals surface area (Å²) in [6, 6.07) is 8.18. The lowest BCUT2D eigenvalue weighted by Gasteiger charge is -2.21. The topological polar surface area (TPSA) is 48.1 Å². The third-order valence-corrected chi connectivity index (χ3v) is 6.34. The minimum absolute atomic E-state index is 0.103. The monoisotopic (exact) mass is 480 g/mol. The number of aryl methyl sites for hydroxylation is 3. The summed E-state index contributed by atoms with van der Waals surface area (Å²) < 4.78 is 27.0. The first kappa shape index (κ1) is 26.3. The average molecular weight is 481 g/mol. The number of benzene rings is 2. The van der Waals surface area contributed by atoms with Gasteiger partial charge in [-0.15, -0.1) is 0 Å². The normalized spacial score (nSPS) is 16.2. The molecule has 0 aromatic heterocycles. The van der Waals surface area contributed by atoms with Crippen LogP contribution in [-0.2, 0) is 12.8 Å². The summed E-state index contributed by atoms with van der Waals surface area (Å²) in [4.78, 5) is 0. The zero-order valence-corrected chi connectivity index (χ0v) is 21.3. The molecule has 1 aliphatic heterocycles. The van der Waals surface area contributed by atoms with Crippen molar-refractivity contribution < 1.29 is 8.78 Å². The Bertz CT molecular complexity index is 1070. The van der Waals surface area contributed by atoms with Crippen molar-refractivity contribution >= 4 is 11.4 Å². The van der Waals surface area contributed by atoms with Gasteiger partial charge in [-0.1, -0.05) is 32.9 Å². The molecule has 4 N–H and O–H groups in total. The van der Waals surface area contributed by atoms with E-state index in [-0.39, 0.29) is 6.17 Å². The van der Waals surface area contributed by atoms with Crippen molar-refractivity contribution in [1.82, 2.24) is 10.6 Å². The van der Waals surface area contributed by atoms with Crippen LogP contribution in [0.2, 0.25) is 0 Å². The minimum Gasteiger partial charge on any atom is -0.394 e. The first-order chi connectivity index (χ1) is 16.8. The maximum absolute atomic E-state index is 13.5. The van der Waals surface area contributed by atoms with E-state index < -0.39 is 11.6 Å². The lowest BCUT2D eigenvalue weighted by molar-refractivity contribution is 0.504. The molecule has 2 atom stereocenters. The molecule has 0 amide bonds. The Morgan fingerprint density at radius 1 is 1.09 bits per heavy atom. The fraction of sp³-hybridized carbons (Fsp3) is 0.379. The fourth-order valence-corrected chi connectivity index (χ4v) is 4.39. The zero-order chi connectivity index (χ0) is 25.4. The van der Waals surface area contributed by atoms with Crippen molar-refractivity contribution in [3.8, 4) is 0 Å². The third-order valence-electron chi connectivity index (χ3n) is 6.34. The van der Waals surface area contributed by atoms with Crippen LogP contribution in [0.3, 0.4) is 0 Å². The second kappa shape index (κ2) is 12.4. The highest BCUT2D eigenvalue weighted by molar-refractivity contribution is 5.78. The Morgan fingerprint density at radius 2 is 1.77 bits per heavy atom. The van der Waals surface area contributed by atoms with Crippen LogP contribution in [-0.4, -0.2) is 19.8 Å². The van der Waals surface area contributed by atoms with Gasteiger partial charge in [-0.2, -0.15) is 0 Å². The quantitative estimate of drug-likeness (QED) is 0.265. The molecule has 4 nitrogen and oxygen atoms in total. The molecule has 0 bridgehead atoms. The number of hydrogen-bond acceptors (Lipinski definition) is 4. The molecule has 0 radical (unpaired) electrons. The van der Waals surface area contributed by atoms with Gasteiger partial charge in [0.1, 0.15) is 17.8 Å². The van der Waals surface area contributed by atoms with E-state index in [1.54, 1.807) is 0 Å². The summed E-state index contributed by atoms with van der Waals surface area (Å²) in [5, 5.41) is 13.8. The molecule has 2 unspecified atom stereocenters. The van der Waals surface area contributed by atoms with Gasteiger partial charge in [0.25, 0.3) is 0 Å².